The summed E-state index contributed by atoms with van der Waals surface area (Å²) in [5.74, 6) is 1.34. The molecule has 1 fully saturated rings. The van der Waals surface area contributed by atoms with Gasteiger partial charge in [0, 0.05) is 17.8 Å². The van der Waals surface area contributed by atoms with Gasteiger partial charge in [-0.05, 0) is 43.4 Å². The van der Waals surface area contributed by atoms with E-state index < -0.39 is 0 Å². The Morgan fingerprint density at radius 1 is 1.56 bits per heavy atom. The number of nitrogens with two attached hydrogens (primary N) is 1. The molecule has 3 heteroatoms. The van der Waals surface area contributed by atoms with Crippen molar-refractivity contribution in [3.63, 3.8) is 0 Å². The van der Waals surface area contributed by atoms with E-state index in [1.807, 2.05) is 13.1 Å². The van der Waals surface area contributed by atoms with Crippen LogP contribution >= 0.6 is 0 Å². The lowest BCUT2D eigenvalue weighted by molar-refractivity contribution is 0.440. The lowest BCUT2D eigenvalue weighted by Crippen LogP contribution is -2.23. The number of hydrogen-bond donors (Lipinski definition) is 2. The molecule has 0 radical (unpaired) electrons. The van der Waals surface area contributed by atoms with Crippen molar-refractivity contribution >= 4 is 5.82 Å². The minimum atomic E-state index is 0.337. The summed E-state index contributed by atoms with van der Waals surface area (Å²) in [4.78, 5) is 4.20. The van der Waals surface area contributed by atoms with E-state index in [1.165, 1.54) is 17.5 Å². The minimum absolute atomic E-state index is 0.337. The second kappa shape index (κ2) is 3.74. The SMILES string of the molecule is CNC(c1c(C)ccnc1N)C1CC1(C)C. The van der Waals surface area contributed by atoms with Gasteiger partial charge in [-0.2, -0.15) is 0 Å². The fraction of sp³-hybridized carbons (Fsp3) is 0.615. The molecule has 1 heterocycles. The molecule has 2 atom stereocenters. The first-order valence-corrected chi connectivity index (χ1v) is 5.85. The minimum Gasteiger partial charge on any atom is -0.383 e. The Bertz CT molecular complexity index is 378. The highest BCUT2D eigenvalue weighted by molar-refractivity contribution is 5.47. The van der Waals surface area contributed by atoms with Crippen LogP contribution < -0.4 is 11.1 Å². The fourth-order valence-corrected chi connectivity index (χ4v) is 2.62. The van der Waals surface area contributed by atoms with E-state index in [4.69, 9.17) is 5.73 Å². The number of aryl methyl sites for hydroxylation is 1. The monoisotopic (exact) mass is 219 g/mol. The maximum Gasteiger partial charge on any atom is 0.128 e. The van der Waals surface area contributed by atoms with Crippen LogP contribution in [0.3, 0.4) is 0 Å². The van der Waals surface area contributed by atoms with Gasteiger partial charge in [0.25, 0.3) is 0 Å². The summed E-state index contributed by atoms with van der Waals surface area (Å²) in [6.45, 7) is 6.72. The standard InChI is InChI=1S/C13H21N3/c1-8-5-6-16-12(14)10(8)11(15-4)9-7-13(9,2)3/h5-6,9,11,15H,7H2,1-4H3,(H2,14,16). The number of rotatable bonds is 3. The van der Waals surface area contributed by atoms with Crippen LogP contribution in [-0.2, 0) is 0 Å². The van der Waals surface area contributed by atoms with Gasteiger partial charge < -0.3 is 11.1 Å². The summed E-state index contributed by atoms with van der Waals surface area (Å²) >= 11 is 0. The molecule has 1 saturated carbocycles. The number of nitrogens with zero attached hydrogens (tertiary/aromatic N) is 1. The van der Waals surface area contributed by atoms with Gasteiger partial charge in [0.2, 0.25) is 0 Å². The van der Waals surface area contributed by atoms with Crippen LogP contribution in [0.4, 0.5) is 5.82 Å². The molecule has 3 N–H and O–H groups in total. The van der Waals surface area contributed by atoms with E-state index >= 15 is 0 Å². The highest BCUT2D eigenvalue weighted by atomic mass is 14.9. The van der Waals surface area contributed by atoms with Gasteiger partial charge in [-0.25, -0.2) is 4.98 Å². The second-order valence-electron chi connectivity index (χ2n) is 5.49. The fourth-order valence-electron chi connectivity index (χ4n) is 2.62. The number of pyridine rings is 1. The highest BCUT2D eigenvalue weighted by Gasteiger charge is 2.50. The third-order valence-electron chi connectivity index (χ3n) is 3.85. The van der Waals surface area contributed by atoms with Gasteiger partial charge in [0.1, 0.15) is 5.82 Å². The Morgan fingerprint density at radius 2 is 2.19 bits per heavy atom. The summed E-state index contributed by atoms with van der Waals surface area (Å²) in [6, 6.07) is 2.37. The zero-order valence-corrected chi connectivity index (χ0v) is 10.5. The first-order chi connectivity index (χ1) is 7.47. The number of nitrogen functional groups attached to an aromatic ring is 1. The normalized spacial score (nSPS) is 24.1. The van der Waals surface area contributed by atoms with Crippen LogP contribution in [0.2, 0.25) is 0 Å². The molecule has 16 heavy (non-hydrogen) atoms. The van der Waals surface area contributed by atoms with Crippen molar-refractivity contribution in [1.29, 1.82) is 0 Å². The number of nitrogens with one attached hydrogen (secondary N) is 1. The lowest BCUT2D eigenvalue weighted by atomic mass is 9.94. The first-order valence-electron chi connectivity index (χ1n) is 5.85. The van der Waals surface area contributed by atoms with Crippen molar-refractivity contribution in [1.82, 2.24) is 10.3 Å². The summed E-state index contributed by atoms with van der Waals surface area (Å²) in [6.07, 6.45) is 3.03. The smallest absolute Gasteiger partial charge is 0.128 e. The molecule has 0 spiro atoms. The van der Waals surface area contributed by atoms with E-state index in [-0.39, 0.29) is 0 Å². The van der Waals surface area contributed by atoms with Crippen molar-refractivity contribution < 1.29 is 0 Å². The third kappa shape index (κ3) is 1.80. The largest absolute Gasteiger partial charge is 0.383 e. The van der Waals surface area contributed by atoms with Crippen molar-refractivity contribution in [3.05, 3.63) is 23.4 Å². The zero-order chi connectivity index (χ0) is 11.9. The molecular weight excluding hydrogens is 198 g/mol. The molecule has 1 aliphatic carbocycles. The van der Waals surface area contributed by atoms with Crippen molar-refractivity contribution in [3.8, 4) is 0 Å². The average Bonchev–Trinajstić information content (AvgIpc) is 2.81. The molecule has 2 unspecified atom stereocenters. The maximum absolute atomic E-state index is 6.00. The molecule has 0 amide bonds. The highest BCUT2D eigenvalue weighted by Crippen LogP contribution is 2.58. The zero-order valence-electron chi connectivity index (χ0n) is 10.5. The predicted octanol–water partition coefficient (Wildman–Crippen LogP) is 2.28. The van der Waals surface area contributed by atoms with Crippen molar-refractivity contribution in [2.24, 2.45) is 11.3 Å². The van der Waals surface area contributed by atoms with E-state index in [9.17, 15) is 0 Å². The molecule has 1 aliphatic rings. The van der Waals surface area contributed by atoms with Crippen molar-refractivity contribution in [2.45, 2.75) is 33.2 Å². The van der Waals surface area contributed by atoms with Crippen LogP contribution in [0, 0.1) is 18.3 Å². The Morgan fingerprint density at radius 3 is 2.62 bits per heavy atom. The molecular formula is C13H21N3. The summed E-state index contributed by atoms with van der Waals surface area (Å²) in [5.41, 5.74) is 8.85. The molecule has 0 aromatic carbocycles. The Kier molecular flexibility index (Phi) is 2.66. The number of anilines is 1. The molecule has 0 bridgehead atoms. The molecule has 2 rings (SSSR count). The molecule has 0 aliphatic heterocycles. The summed E-state index contributed by atoms with van der Waals surface area (Å²) in [7, 11) is 2.00. The number of hydrogen-bond acceptors (Lipinski definition) is 3. The van der Waals surface area contributed by atoms with Crippen LogP contribution in [0.5, 0.6) is 0 Å². The Labute approximate surface area is 97.5 Å². The second-order valence-corrected chi connectivity index (χ2v) is 5.49. The Balaban J connectivity index is 2.35. The van der Waals surface area contributed by atoms with E-state index in [0.29, 0.717) is 23.2 Å². The van der Waals surface area contributed by atoms with Crippen LogP contribution in [0.25, 0.3) is 0 Å². The average molecular weight is 219 g/mol. The summed E-state index contributed by atoms with van der Waals surface area (Å²) < 4.78 is 0. The molecule has 88 valence electrons. The van der Waals surface area contributed by atoms with Crippen LogP contribution in [-0.4, -0.2) is 12.0 Å². The van der Waals surface area contributed by atoms with Gasteiger partial charge in [-0.3, -0.25) is 0 Å². The van der Waals surface area contributed by atoms with Gasteiger partial charge in [0.05, 0.1) is 0 Å². The van der Waals surface area contributed by atoms with Crippen LogP contribution in [0.1, 0.15) is 37.4 Å². The van der Waals surface area contributed by atoms with Gasteiger partial charge in [0.15, 0.2) is 0 Å². The molecule has 0 saturated heterocycles. The van der Waals surface area contributed by atoms with E-state index in [0.717, 1.165) is 0 Å². The number of aromatic nitrogens is 1. The maximum atomic E-state index is 6.00. The molecule has 1 aromatic rings. The summed E-state index contributed by atoms with van der Waals surface area (Å²) in [5, 5.41) is 3.40. The topological polar surface area (TPSA) is 50.9 Å². The van der Waals surface area contributed by atoms with Gasteiger partial charge >= 0.3 is 0 Å². The molecule has 1 aromatic heterocycles. The van der Waals surface area contributed by atoms with Crippen molar-refractivity contribution in [2.75, 3.05) is 12.8 Å². The first kappa shape index (κ1) is 11.4. The molecule has 3 nitrogen and oxygen atoms in total. The van der Waals surface area contributed by atoms with E-state index in [2.05, 4.69) is 31.1 Å². The lowest BCUT2D eigenvalue weighted by Gasteiger charge is -2.21. The third-order valence-corrected chi connectivity index (χ3v) is 3.85. The predicted molar refractivity (Wildman–Crippen MR) is 67.1 cm³/mol. The van der Waals surface area contributed by atoms with Gasteiger partial charge in [-0.1, -0.05) is 13.8 Å². The Hall–Kier alpha value is -1.09. The van der Waals surface area contributed by atoms with Crippen LogP contribution in [0.15, 0.2) is 12.3 Å². The van der Waals surface area contributed by atoms with Gasteiger partial charge in [-0.15, -0.1) is 0 Å². The quantitative estimate of drug-likeness (QED) is 0.820. The van der Waals surface area contributed by atoms with E-state index in [1.54, 1.807) is 6.20 Å².